The van der Waals surface area contributed by atoms with Gasteiger partial charge in [0.15, 0.2) is 5.11 Å². The molecule has 0 saturated heterocycles. The topological polar surface area (TPSA) is 53.2 Å². The minimum absolute atomic E-state index is 0.0903. The molecule has 0 aliphatic heterocycles. The van der Waals surface area contributed by atoms with Gasteiger partial charge in [0.2, 0.25) is 5.91 Å². The molecule has 1 saturated carbocycles. The summed E-state index contributed by atoms with van der Waals surface area (Å²) < 4.78 is 0. The number of para-hydroxylation sites is 1. The molecular weight excluding hydrogens is 246 g/mol. The Morgan fingerprint density at radius 2 is 2.00 bits per heavy atom. The Hall–Kier alpha value is -1.62. The van der Waals surface area contributed by atoms with E-state index in [1.807, 2.05) is 30.3 Å². The highest BCUT2D eigenvalue weighted by Crippen LogP contribution is 2.18. The van der Waals surface area contributed by atoms with E-state index < -0.39 is 0 Å². The number of carbonyl (C=O) groups is 1. The Morgan fingerprint density at radius 3 is 2.67 bits per heavy atom. The lowest BCUT2D eigenvalue weighted by atomic mass is 10.3. The van der Waals surface area contributed by atoms with Crippen molar-refractivity contribution >= 4 is 28.9 Å². The molecule has 1 aliphatic carbocycles. The van der Waals surface area contributed by atoms with Crippen LogP contribution in [0.15, 0.2) is 30.3 Å². The zero-order valence-corrected chi connectivity index (χ0v) is 10.9. The number of nitrogens with one attached hydrogen (secondary N) is 3. The maximum atomic E-state index is 11.4. The molecule has 0 spiro atoms. The molecule has 96 valence electrons. The molecular formula is C13H17N3OS. The number of hydrogen-bond donors (Lipinski definition) is 3. The molecule has 0 aromatic heterocycles. The Balaban J connectivity index is 1.61. The number of rotatable bonds is 5. The first kappa shape index (κ1) is 12.8. The van der Waals surface area contributed by atoms with E-state index in [0.29, 0.717) is 24.1 Å². The van der Waals surface area contributed by atoms with Gasteiger partial charge in [0.25, 0.3) is 0 Å². The second-order valence-corrected chi connectivity index (χ2v) is 4.75. The normalized spacial score (nSPS) is 13.8. The van der Waals surface area contributed by atoms with E-state index >= 15 is 0 Å². The van der Waals surface area contributed by atoms with Crippen molar-refractivity contribution in [2.24, 2.45) is 0 Å². The molecule has 4 nitrogen and oxygen atoms in total. The van der Waals surface area contributed by atoms with E-state index in [-0.39, 0.29) is 5.91 Å². The number of hydrogen-bond acceptors (Lipinski definition) is 2. The summed E-state index contributed by atoms with van der Waals surface area (Å²) in [6.07, 6.45) is 2.69. The molecule has 5 heteroatoms. The maximum absolute atomic E-state index is 11.4. The van der Waals surface area contributed by atoms with Crippen LogP contribution in [-0.2, 0) is 4.79 Å². The van der Waals surface area contributed by atoms with Crippen LogP contribution < -0.4 is 16.0 Å². The van der Waals surface area contributed by atoms with Gasteiger partial charge in [-0.3, -0.25) is 4.79 Å². The fourth-order valence-electron chi connectivity index (χ4n) is 1.51. The lowest BCUT2D eigenvalue weighted by Gasteiger charge is -2.10. The van der Waals surface area contributed by atoms with Crippen molar-refractivity contribution in [3.63, 3.8) is 0 Å². The highest BCUT2D eigenvalue weighted by atomic mass is 32.1. The van der Waals surface area contributed by atoms with Crippen LogP contribution in [0.2, 0.25) is 0 Å². The smallest absolute Gasteiger partial charge is 0.221 e. The number of carbonyl (C=O) groups excluding carboxylic acids is 1. The van der Waals surface area contributed by atoms with Crippen molar-refractivity contribution in [1.29, 1.82) is 0 Å². The third-order valence-electron chi connectivity index (χ3n) is 2.61. The van der Waals surface area contributed by atoms with E-state index in [4.69, 9.17) is 12.2 Å². The number of amides is 1. The molecule has 0 heterocycles. The standard InChI is InChI=1S/C13H17N3OS/c17-12(15-11-6-7-11)8-9-14-13(18)16-10-4-2-1-3-5-10/h1-5,11H,6-9H2,(H,15,17)(H2,14,16,18). The molecule has 3 N–H and O–H groups in total. The summed E-state index contributed by atoms with van der Waals surface area (Å²) in [4.78, 5) is 11.4. The molecule has 1 fully saturated rings. The predicted molar refractivity (Wildman–Crippen MR) is 76.4 cm³/mol. The summed E-state index contributed by atoms with van der Waals surface area (Å²) in [6.45, 7) is 0.553. The Morgan fingerprint density at radius 1 is 1.28 bits per heavy atom. The van der Waals surface area contributed by atoms with Gasteiger partial charge < -0.3 is 16.0 Å². The average molecular weight is 263 g/mol. The highest BCUT2D eigenvalue weighted by molar-refractivity contribution is 7.80. The summed E-state index contributed by atoms with van der Waals surface area (Å²) in [5.74, 6) is 0.0903. The first-order valence-corrected chi connectivity index (χ1v) is 6.54. The summed E-state index contributed by atoms with van der Waals surface area (Å²) in [5, 5.41) is 9.55. The van der Waals surface area contributed by atoms with Crippen molar-refractivity contribution in [3.8, 4) is 0 Å². The van der Waals surface area contributed by atoms with Crippen molar-refractivity contribution in [2.45, 2.75) is 25.3 Å². The van der Waals surface area contributed by atoms with Crippen LogP contribution >= 0.6 is 12.2 Å². The molecule has 1 aromatic carbocycles. The SMILES string of the molecule is O=C(CCNC(=S)Nc1ccccc1)NC1CC1. The summed E-state index contributed by atoms with van der Waals surface area (Å²) in [6, 6.07) is 10.1. The molecule has 0 bridgehead atoms. The average Bonchev–Trinajstić information content (AvgIpc) is 3.14. The van der Waals surface area contributed by atoms with E-state index in [1.165, 1.54) is 0 Å². The maximum Gasteiger partial charge on any atom is 0.221 e. The lowest BCUT2D eigenvalue weighted by molar-refractivity contribution is -0.121. The van der Waals surface area contributed by atoms with Crippen LogP contribution in [0.5, 0.6) is 0 Å². The lowest BCUT2D eigenvalue weighted by Crippen LogP contribution is -2.33. The van der Waals surface area contributed by atoms with Gasteiger partial charge in [-0.05, 0) is 37.2 Å². The van der Waals surface area contributed by atoms with Crippen molar-refractivity contribution < 1.29 is 4.79 Å². The predicted octanol–water partition coefficient (Wildman–Crippen LogP) is 1.64. The minimum Gasteiger partial charge on any atom is -0.362 e. The van der Waals surface area contributed by atoms with Crippen LogP contribution in [0.1, 0.15) is 19.3 Å². The van der Waals surface area contributed by atoms with Crippen LogP contribution in [0.3, 0.4) is 0 Å². The third kappa shape index (κ3) is 4.71. The fourth-order valence-corrected chi connectivity index (χ4v) is 1.73. The van der Waals surface area contributed by atoms with E-state index in [9.17, 15) is 4.79 Å². The van der Waals surface area contributed by atoms with Crippen molar-refractivity contribution in [2.75, 3.05) is 11.9 Å². The molecule has 1 aromatic rings. The summed E-state index contributed by atoms with van der Waals surface area (Å²) >= 11 is 5.13. The fraction of sp³-hybridized carbons (Fsp3) is 0.385. The van der Waals surface area contributed by atoms with Gasteiger partial charge in [0.1, 0.15) is 0 Å². The molecule has 1 aliphatic rings. The van der Waals surface area contributed by atoms with E-state index in [0.717, 1.165) is 18.5 Å². The minimum atomic E-state index is 0.0903. The number of anilines is 1. The van der Waals surface area contributed by atoms with E-state index in [2.05, 4.69) is 16.0 Å². The largest absolute Gasteiger partial charge is 0.362 e. The molecule has 2 rings (SSSR count). The molecule has 0 atom stereocenters. The second-order valence-electron chi connectivity index (χ2n) is 4.34. The van der Waals surface area contributed by atoms with Crippen LogP contribution in [0.4, 0.5) is 5.69 Å². The van der Waals surface area contributed by atoms with E-state index in [1.54, 1.807) is 0 Å². The zero-order valence-electron chi connectivity index (χ0n) is 10.1. The van der Waals surface area contributed by atoms with Gasteiger partial charge in [0, 0.05) is 24.7 Å². The monoisotopic (exact) mass is 263 g/mol. The summed E-state index contributed by atoms with van der Waals surface area (Å²) in [7, 11) is 0. The van der Waals surface area contributed by atoms with Crippen molar-refractivity contribution in [3.05, 3.63) is 30.3 Å². The highest BCUT2D eigenvalue weighted by Gasteiger charge is 2.22. The van der Waals surface area contributed by atoms with Gasteiger partial charge in [0.05, 0.1) is 0 Å². The summed E-state index contributed by atoms with van der Waals surface area (Å²) in [5.41, 5.74) is 0.942. The van der Waals surface area contributed by atoms with Gasteiger partial charge >= 0.3 is 0 Å². The molecule has 18 heavy (non-hydrogen) atoms. The first-order chi connectivity index (χ1) is 8.74. The first-order valence-electron chi connectivity index (χ1n) is 6.13. The molecule has 0 radical (unpaired) electrons. The Kier molecular flexibility index (Phi) is 4.52. The third-order valence-corrected chi connectivity index (χ3v) is 2.86. The number of thiocarbonyl (C=S) groups is 1. The van der Waals surface area contributed by atoms with Crippen LogP contribution in [-0.4, -0.2) is 23.6 Å². The van der Waals surface area contributed by atoms with Gasteiger partial charge in [-0.15, -0.1) is 0 Å². The quantitative estimate of drug-likeness (QED) is 0.707. The van der Waals surface area contributed by atoms with Gasteiger partial charge in [-0.25, -0.2) is 0 Å². The molecule has 1 amide bonds. The number of benzene rings is 1. The van der Waals surface area contributed by atoms with Crippen LogP contribution in [0, 0.1) is 0 Å². The van der Waals surface area contributed by atoms with Gasteiger partial charge in [-0.1, -0.05) is 18.2 Å². The molecule has 0 unspecified atom stereocenters. The van der Waals surface area contributed by atoms with Crippen LogP contribution in [0.25, 0.3) is 0 Å². The zero-order chi connectivity index (χ0) is 12.8. The van der Waals surface area contributed by atoms with Gasteiger partial charge in [-0.2, -0.15) is 0 Å². The second kappa shape index (κ2) is 6.35. The Labute approximate surface area is 112 Å². The van der Waals surface area contributed by atoms with Crippen molar-refractivity contribution in [1.82, 2.24) is 10.6 Å². The Bertz CT molecular complexity index is 418.